The number of furan rings is 1. The summed E-state index contributed by atoms with van der Waals surface area (Å²) in [6, 6.07) is 8.46. The van der Waals surface area contributed by atoms with E-state index in [4.69, 9.17) is 13.9 Å². The number of methoxy groups -OCH3 is 2. The molecule has 2 aromatic rings. The maximum absolute atomic E-state index is 12.6. The molecule has 0 saturated carbocycles. The van der Waals surface area contributed by atoms with Crippen molar-refractivity contribution in [3.8, 4) is 11.5 Å². The Bertz CT molecular complexity index is 981. The van der Waals surface area contributed by atoms with E-state index in [1.165, 1.54) is 14.2 Å². The molecule has 1 fully saturated rings. The summed E-state index contributed by atoms with van der Waals surface area (Å²) in [5.74, 6) is 1.10. The van der Waals surface area contributed by atoms with Gasteiger partial charge in [0.25, 0.3) is 17.1 Å². The van der Waals surface area contributed by atoms with Gasteiger partial charge in [-0.05, 0) is 54.6 Å². The molecule has 1 N–H and O–H groups in total. The number of nitrogens with zero attached hydrogens (tertiary/aromatic N) is 1. The van der Waals surface area contributed by atoms with Crippen molar-refractivity contribution in [3.05, 3.63) is 52.3 Å². The summed E-state index contributed by atoms with van der Waals surface area (Å²) in [6.45, 7) is 1.93. The Morgan fingerprint density at radius 3 is 2.59 bits per heavy atom. The number of benzene rings is 1. The Morgan fingerprint density at radius 2 is 1.93 bits per heavy atom. The molecule has 0 bridgehead atoms. The van der Waals surface area contributed by atoms with Gasteiger partial charge in [0.15, 0.2) is 17.3 Å². The molecule has 1 aromatic heterocycles. The lowest BCUT2D eigenvalue weighted by Crippen LogP contribution is -2.37. The molecule has 152 valence electrons. The van der Waals surface area contributed by atoms with Crippen molar-refractivity contribution in [2.24, 2.45) is 0 Å². The molecule has 9 heteroatoms. The lowest BCUT2D eigenvalue weighted by molar-refractivity contribution is -0.122. The lowest BCUT2D eigenvalue weighted by Gasteiger charge is -2.12. The Morgan fingerprint density at radius 1 is 1.17 bits per heavy atom. The third-order valence-corrected chi connectivity index (χ3v) is 5.07. The fourth-order valence-electron chi connectivity index (χ4n) is 2.71. The average Bonchev–Trinajstić information content (AvgIpc) is 3.26. The van der Waals surface area contributed by atoms with E-state index in [1.54, 1.807) is 43.3 Å². The Kier molecular flexibility index (Phi) is 6.28. The van der Waals surface area contributed by atoms with E-state index in [1.807, 2.05) is 0 Å². The van der Waals surface area contributed by atoms with E-state index in [0.29, 0.717) is 27.7 Å². The largest absolute Gasteiger partial charge is 0.493 e. The van der Waals surface area contributed by atoms with Crippen molar-refractivity contribution in [2.75, 3.05) is 27.3 Å². The van der Waals surface area contributed by atoms with E-state index in [2.05, 4.69) is 5.32 Å². The van der Waals surface area contributed by atoms with Gasteiger partial charge in [0.05, 0.1) is 19.1 Å². The topological polar surface area (TPSA) is 98.1 Å². The maximum atomic E-state index is 12.6. The first-order valence-electron chi connectivity index (χ1n) is 8.75. The van der Waals surface area contributed by atoms with E-state index >= 15 is 0 Å². The molecular weight excluding hydrogens is 396 g/mol. The van der Waals surface area contributed by atoms with Gasteiger partial charge in [-0.1, -0.05) is 6.07 Å². The van der Waals surface area contributed by atoms with E-state index in [9.17, 15) is 14.4 Å². The predicted octanol–water partition coefficient (Wildman–Crippen LogP) is 3.07. The second-order valence-corrected chi connectivity index (χ2v) is 7.11. The van der Waals surface area contributed by atoms with Crippen LogP contribution in [0.3, 0.4) is 0 Å². The Balaban J connectivity index is 1.63. The molecule has 1 saturated heterocycles. The highest BCUT2D eigenvalue weighted by Gasteiger charge is 2.34. The van der Waals surface area contributed by atoms with Crippen LogP contribution in [0.2, 0.25) is 0 Å². The van der Waals surface area contributed by atoms with Gasteiger partial charge in [0.1, 0.15) is 5.76 Å². The van der Waals surface area contributed by atoms with Crippen LogP contribution in [0.25, 0.3) is 6.08 Å². The summed E-state index contributed by atoms with van der Waals surface area (Å²) >= 11 is 0.854. The molecule has 0 aliphatic carbocycles. The molecule has 1 aromatic carbocycles. The van der Waals surface area contributed by atoms with Crippen LogP contribution < -0.4 is 14.8 Å². The predicted molar refractivity (Wildman–Crippen MR) is 108 cm³/mol. The first kappa shape index (κ1) is 20.5. The zero-order valence-corrected chi connectivity index (χ0v) is 17.0. The van der Waals surface area contributed by atoms with Gasteiger partial charge in [-0.3, -0.25) is 19.3 Å². The van der Waals surface area contributed by atoms with Gasteiger partial charge in [-0.25, -0.2) is 0 Å². The Hall–Kier alpha value is -3.20. The zero-order valence-electron chi connectivity index (χ0n) is 16.2. The number of imide groups is 1. The molecule has 0 unspecified atom stereocenters. The first-order valence-corrected chi connectivity index (χ1v) is 9.56. The number of hydrogen-bond acceptors (Lipinski definition) is 7. The van der Waals surface area contributed by atoms with Crippen LogP contribution >= 0.6 is 11.8 Å². The smallest absolute Gasteiger partial charge is 0.293 e. The average molecular weight is 416 g/mol. The molecule has 1 aliphatic rings. The number of amides is 3. The van der Waals surface area contributed by atoms with Crippen LogP contribution in [0.15, 0.2) is 39.7 Å². The van der Waals surface area contributed by atoms with E-state index in [0.717, 1.165) is 16.7 Å². The molecule has 3 amide bonds. The van der Waals surface area contributed by atoms with Gasteiger partial charge in [-0.15, -0.1) is 0 Å². The summed E-state index contributed by atoms with van der Waals surface area (Å²) in [5.41, 5.74) is 0.703. The third-order valence-electron chi connectivity index (χ3n) is 4.16. The molecule has 1 aliphatic heterocycles. The maximum Gasteiger partial charge on any atom is 0.293 e. The highest BCUT2D eigenvalue weighted by Crippen LogP contribution is 2.34. The fourth-order valence-corrected chi connectivity index (χ4v) is 3.58. The van der Waals surface area contributed by atoms with Gasteiger partial charge in [-0.2, -0.15) is 0 Å². The van der Waals surface area contributed by atoms with Crippen molar-refractivity contribution in [1.29, 1.82) is 0 Å². The normalized spacial score (nSPS) is 15.1. The second-order valence-electron chi connectivity index (χ2n) is 6.11. The van der Waals surface area contributed by atoms with Crippen molar-refractivity contribution in [3.63, 3.8) is 0 Å². The molecule has 0 radical (unpaired) electrons. The van der Waals surface area contributed by atoms with Crippen LogP contribution in [0, 0.1) is 6.92 Å². The lowest BCUT2D eigenvalue weighted by atomic mass is 10.2. The van der Waals surface area contributed by atoms with Crippen molar-refractivity contribution in [2.45, 2.75) is 6.92 Å². The molecule has 29 heavy (non-hydrogen) atoms. The highest BCUT2D eigenvalue weighted by molar-refractivity contribution is 8.18. The highest BCUT2D eigenvalue weighted by atomic mass is 32.2. The first-order chi connectivity index (χ1) is 13.9. The van der Waals surface area contributed by atoms with Gasteiger partial charge < -0.3 is 19.2 Å². The summed E-state index contributed by atoms with van der Waals surface area (Å²) in [5, 5.41) is 2.25. The second kappa shape index (κ2) is 8.87. The minimum Gasteiger partial charge on any atom is -0.493 e. The quantitative estimate of drug-likeness (QED) is 0.693. The van der Waals surface area contributed by atoms with Gasteiger partial charge in [0, 0.05) is 13.1 Å². The molecule has 0 atom stereocenters. The van der Waals surface area contributed by atoms with Crippen molar-refractivity contribution in [1.82, 2.24) is 10.2 Å². The fraction of sp³-hybridized carbons (Fsp3) is 0.250. The number of hydrogen-bond donors (Lipinski definition) is 1. The Labute approximate surface area is 171 Å². The molecule has 3 rings (SSSR count). The molecule has 0 spiro atoms. The van der Waals surface area contributed by atoms with Crippen LogP contribution in [-0.4, -0.2) is 49.3 Å². The monoisotopic (exact) mass is 416 g/mol. The number of carbonyl (C=O) groups is 3. The molecular formula is C20H20N2O6S. The van der Waals surface area contributed by atoms with Crippen molar-refractivity contribution >= 4 is 34.9 Å². The number of rotatable bonds is 7. The summed E-state index contributed by atoms with van der Waals surface area (Å²) in [7, 11) is 3.06. The summed E-state index contributed by atoms with van der Waals surface area (Å²) < 4.78 is 15.7. The SMILES string of the molecule is COc1ccc(/C=C2\SC(=O)N(CCNC(=O)c3ccc(C)o3)C2=O)cc1OC. The minimum absolute atomic E-state index is 0.0688. The van der Waals surface area contributed by atoms with E-state index in [-0.39, 0.29) is 24.1 Å². The standard InChI is InChI=1S/C20H20N2O6S/c1-12-4-6-15(28-12)18(23)21-8-9-22-19(24)17(29-20(22)25)11-13-5-7-14(26-2)16(10-13)27-3/h4-7,10-11H,8-9H2,1-3H3,(H,21,23)/b17-11-. The van der Waals surface area contributed by atoms with Crippen LogP contribution in [0.5, 0.6) is 11.5 Å². The zero-order chi connectivity index (χ0) is 21.0. The third kappa shape index (κ3) is 4.62. The number of aryl methyl sites for hydroxylation is 1. The number of carbonyl (C=O) groups excluding carboxylic acids is 3. The molecule has 8 nitrogen and oxygen atoms in total. The van der Waals surface area contributed by atoms with Gasteiger partial charge >= 0.3 is 0 Å². The van der Waals surface area contributed by atoms with E-state index < -0.39 is 11.8 Å². The van der Waals surface area contributed by atoms with Crippen molar-refractivity contribution < 1.29 is 28.3 Å². The molecule has 2 heterocycles. The van der Waals surface area contributed by atoms with Crippen LogP contribution in [0.4, 0.5) is 4.79 Å². The van der Waals surface area contributed by atoms with Gasteiger partial charge in [0.2, 0.25) is 0 Å². The minimum atomic E-state index is -0.405. The summed E-state index contributed by atoms with van der Waals surface area (Å²) in [6.07, 6.45) is 1.62. The van der Waals surface area contributed by atoms with Crippen LogP contribution in [0.1, 0.15) is 21.9 Å². The summed E-state index contributed by atoms with van der Waals surface area (Å²) in [4.78, 5) is 38.2. The van der Waals surface area contributed by atoms with Crippen LogP contribution in [-0.2, 0) is 4.79 Å². The number of thioether (sulfide) groups is 1. The number of nitrogens with one attached hydrogen (secondary N) is 1. The number of ether oxygens (including phenoxy) is 2.